The molecule has 5 nitrogen and oxygen atoms in total. The highest BCUT2D eigenvalue weighted by Crippen LogP contribution is 2.16. The number of hydrogen-bond acceptors (Lipinski definition) is 4. The Hall–Kier alpha value is -0.910. The molecular weight excluding hydrogens is 606 g/mol. The summed E-state index contributed by atoms with van der Waals surface area (Å²) in [5.74, 6) is -0.147. The molecule has 0 aliphatic heterocycles. The van der Waals surface area contributed by atoms with Crippen molar-refractivity contribution in [2.75, 3.05) is 6.61 Å². The van der Waals surface area contributed by atoms with Crippen LogP contribution in [0.3, 0.4) is 0 Å². The van der Waals surface area contributed by atoms with E-state index in [-0.39, 0.29) is 12.5 Å². The van der Waals surface area contributed by atoms with Crippen molar-refractivity contribution in [3.8, 4) is 0 Å². The molecular formula is C44H87NO4. The summed E-state index contributed by atoms with van der Waals surface area (Å²) in [6, 6.07) is -0.807. The maximum absolute atomic E-state index is 12.4. The monoisotopic (exact) mass is 694 g/mol. The fourth-order valence-corrected chi connectivity index (χ4v) is 6.92. The number of allylic oxidation sites excluding steroid dienone is 2. The number of carbonyl (C=O) groups is 1. The molecule has 3 unspecified atom stereocenters. The van der Waals surface area contributed by atoms with Gasteiger partial charge in [-0.25, -0.2) is 0 Å². The maximum atomic E-state index is 12.4. The quantitative estimate of drug-likeness (QED) is 0.0380. The lowest BCUT2D eigenvalue weighted by Crippen LogP contribution is -2.50. The third kappa shape index (κ3) is 35.3. The molecule has 292 valence electrons. The molecule has 1 amide bonds. The van der Waals surface area contributed by atoms with Crippen LogP contribution in [0.1, 0.15) is 239 Å². The molecule has 0 radical (unpaired) electrons. The van der Waals surface area contributed by atoms with Crippen molar-refractivity contribution in [2.45, 2.75) is 257 Å². The maximum Gasteiger partial charge on any atom is 0.220 e. The van der Waals surface area contributed by atoms with Crippen LogP contribution in [-0.4, -0.2) is 46.1 Å². The van der Waals surface area contributed by atoms with E-state index in [4.69, 9.17) is 0 Å². The Labute approximate surface area is 306 Å². The zero-order chi connectivity index (χ0) is 35.9. The molecule has 0 saturated carbocycles. The van der Waals surface area contributed by atoms with Crippen molar-refractivity contribution < 1.29 is 20.1 Å². The van der Waals surface area contributed by atoms with Crippen LogP contribution in [0.5, 0.6) is 0 Å². The summed E-state index contributed by atoms with van der Waals surface area (Å²) in [6.45, 7) is 4.18. The van der Waals surface area contributed by atoms with Crippen LogP contribution in [-0.2, 0) is 4.79 Å². The Kier molecular flexibility index (Phi) is 39.1. The highest BCUT2D eigenvalue weighted by atomic mass is 16.3. The van der Waals surface area contributed by atoms with Gasteiger partial charge in [0.05, 0.1) is 18.8 Å². The van der Waals surface area contributed by atoms with Crippen molar-refractivity contribution in [2.24, 2.45) is 0 Å². The molecule has 0 aromatic carbocycles. The molecule has 0 rings (SSSR count). The average molecular weight is 694 g/mol. The smallest absolute Gasteiger partial charge is 0.220 e. The van der Waals surface area contributed by atoms with E-state index in [9.17, 15) is 20.1 Å². The van der Waals surface area contributed by atoms with Crippen molar-refractivity contribution in [1.82, 2.24) is 5.32 Å². The van der Waals surface area contributed by atoms with E-state index in [1.807, 2.05) is 0 Å². The van der Waals surface area contributed by atoms with E-state index in [1.54, 1.807) is 0 Å². The van der Waals surface area contributed by atoms with Crippen LogP contribution < -0.4 is 5.32 Å². The van der Waals surface area contributed by atoms with Crippen molar-refractivity contribution in [3.05, 3.63) is 12.2 Å². The highest BCUT2D eigenvalue weighted by molar-refractivity contribution is 5.76. The van der Waals surface area contributed by atoms with Crippen molar-refractivity contribution in [3.63, 3.8) is 0 Å². The van der Waals surface area contributed by atoms with Gasteiger partial charge >= 0.3 is 0 Å². The van der Waals surface area contributed by atoms with Gasteiger partial charge in [0, 0.05) is 6.42 Å². The molecule has 0 aromatic rings. The largest absolute Gasteiger partial charge is 0.394 e. The van der Waals surface area contributed by atoms with Crippen LogP contribution in [0, 0.1) is 0 Å². The van der Waals surface area contributed by atoms with Crippen LogP contribution in [0.25, 0.3) is 0 Å². The third-order valence-corrected chi connectivity index (χ3v) is 10.4. The van der Waals surface area contributed by atoms with Gasteiger partial charge in [-0.2, -0.15) is 0 Å². The molecule has 0 heterocycles. The van der Waals surface area contributed by atoms with Gasteiger partial charge in [-0.1, -0.05) is 206 Å². The molecule has 49 heavy (non-hydrogen) atoms. The standard InChI is InChI=1S/C44H87NO4/c1-3-5-7-9-11-13-15-17-18-19-20-21-22-23-24-25-26-27-29-31-33-35-37-39-43(48)45-41(40-46)44(49)42(47)38-36-34-32-30-28-16-14-12-10-8-6-4-2/h23-24,41-42,44,46-47,49H,3-22,25-40H2,1-2H3,(H,45,48)/b24-23-. The molecule has 0 bridgehead atoms. The number of rotatable bonds is 40. The minimum Gasteiger partial charge on any atom is -0.394 e. The van der Waals surface area contributed by atoms with Crippen LogP contribution in [0.2, 0.25) is 0 Å². The minimum absolute atomic E-state index is 0.147. The molecule has 0 saturated heterocycles. The number of unbranched alkanes of at least 4 members (excludes halogenated alkanes) is 30. The van der Waals surface area contributed by atoms with Crippen molar-refractivity contribution in [1.29, 1.82) is 0 Å². The fraction of sp³-hybridized carbons (Fsp3) is 0.932. The number of aliphatic hydroxyl groups excluding tert-OH is 3. The van der Waals surface area contributed by atoms with E-state index in [1.165, 1.54) is 173 Å². The Morgan fingerprint density at radius 3 is 1.18 bits per heavy atom. The fourth-order valence-electron chi connectivity index (χ4n) is 6.92. The highest BCUT2D eigenvalue weighted by Gasteiger charge is 2.26. The Bertz CT molecular complexity index is 684. The van der Waals surface area contributed by atoms with Crippen LogP contribution >= 0.6 is 0 Å². The molecule has 0 spiro atoms. The van der Waals surface area contributed by atoms with Gasteiger partial charge in [-0.15, -0.1) is 0 Å². The van der Waals surface area contributed by atoms with Gasteiger partial charge in [0.25, 0.3) is 0 Å². The first-order valence-electron chi connectivity index (χ1n) is 22.0. The Balaban J connectivity index is 3.58. The van der Waals surface area contributed by atoms with E-state index < -0.39 is 18.2 Å². The number of amides is 1. The second-order valence-electron chi connectivity index (χ2n) is 15.3. The minimum atomic E-state index is -1.13. The topological polar surface area (TPSA) is 89.8 Å². The van der Waals surface area contributed by atoms with Gasteiger partial charge in [0.2, 0.25) is 5.91 Å². The molecule has 0 aromatic heterocycles. The number of aliphatic hydroxyl groups is 3. The second-order valence-corrected chi connectivity index (χ2v) is 15.3. The van der Waals surface area contributed by atoms with E-state index in [0.717, 1.165) is 38.5 Å². The van der Waals surface area contributed by atoms with Crippen LogP contribution in [0.4, 0.5) is 0 Å². The lowest BCUT2D eigenvalue weighted by molar-refractivity contribution is -0.124. The van der Waals surface area contributed by atoms with Gasteiger partial charge in [-0.05, 0) is 38.5 Å². The number of hydrogen-bond donors (Lipinski definition) is 4. The lowest BCUT2D eigenvalue weighted by atomic mass is 9.99. The first-order valence-corrected chi connectivity index (χ1v) is 22.0. The Morgan fingerprint density at radius 2 is 0.816 bits per heavy atom. The molecule has 0 fully saturated rings. The first-order chi connectivity index (χ1) is 24.1. The van der Waals surface area contributed by atoms with E-state index >= 15 is 0 Å². The van der Waals surface area contributed by atoms with E-state index in [0.29, 0.717) is 12.8 Å². The SMILES string of the molecule is CCCCCCCCCCCCCC/C=C\CCCCCCCCCC(=O)NC(CO)C(O)C(O)CCCCCCCCCCCCCC. The zero-order valence-electron chi connectivity index (χ0n) is 33.1. The number of carbonyl (C=O) groups excluding carboxylic acids is 1. The molecule has 4 N–H and O–H groups in total. The lowest BCUT2D eigenvalue weighted by Gasteiger charge is -2.26. The van der Waals surface area contributed by atoms with Gasteiger partial charge in [-0.3, -0.25) is 4.79 Å². The molecule has 0 aliphatic rings. The summed E-state index contributed by atoms with van der Waals surface area (Å²) in [4.78, 5) is 12.4. The average Bonchev–Trinajstić information content (AvgIpc) is 3.10. The third-order valence-electron chi connectivity index (χ3n) is 10.4. The van der Waals surface area contributed by atoms with Gasteiger partial charge < -0.3 is 20.6 Å². The molecule has 3 atom stereocenters. The van der Waals surface area contributed by atoms with Crippen molar-refractivity contribution >= 4 is 5.91 Å². The molecule has 0 aliphatic carbocycles. The summed E-state index contributed by atoms with van der Waals surface area (Å²) < 4.78 is 0. The summed E-state index contributed by atoms with van der Waals surface area (Å²) in [5, 5.41) is 33.5. The summed E-state index contributed by atoms with van der Waals surface area (Å²) in [6.07, 6.45) is 46.1. The normalized spacial score (nSPS) is 13.7. The summed E-state index contributed by atoms with van der Waals surface area (Å²) in [7, 11) is 0. The first kappa shape index (κ1) is 48.1. The summed E-state index contributed by atoms with van der Waals surface area (Å²) >= 11 is 0. The Morgan fingerprint density at radius 1 is 0.490 bits per heavy atom. The second kappa shape index (κ2) is 39.9. The summed E-state index contributed by atoms with van der Waals surface area (Å²) in [5.41, 5.74) is 0. The van der Waals surface area contributed by atoms with Gasteiger partial charge in [0.15, 0.2) is 0 Å². The predicted octanol–water partition coefficient (Wildman–Crippen LogP) is 12.4. The van der Waals surface area contributed by atoms with Crippen LogP contribution in [0.15, 0.2) is 12.2 Å². The molecule has 5 heteroatoms. The zero-order valence-corrected chi connectivity index (χ0v) is 33.1. The van der Waals surface area contributed by atoms with E-state index in [2.05, 4.69) is 31.3 Å². The van der Waals surface area contributed by atoms with Gasteiger partial charge in [0.1, 0.15) is 6.10 Å². The number of nitrogens with one attached hydrogen (secondary N) is 1. The predicted molar refractivity (Wildman–Crippen MR) is 213 cm³/mol.